The Kier molecular flexibility index (Phi) is 5.13. The summed E-state index contributed by atoms with van der Waals surface area (Å²) < 4.78 is 0. The smallest absolute Gasteiger partial charge is 0.0118 e. The van der Waals surface area contributed by atoms with E-state index in [4.69, 9.17) is 0 Å². The minimum Gasteiger partial charge on any atom is -0.0622 e. The number of hydrogen-bond acceptors (Lipinski definition) is 0. The lowest BCUT2D eigenvalue weighted by Crippen LogP contribution is -2.15. The maximum absolute atomic E-state index is 2.46. The molecule has 0 saturated carbocycles. The monoisotopic (exact) mass is 486 g/mol. The first-order valence-corrected chi connectivity index (χ1v) is 13.5. The number of benzene rings is 6. The van der Waals surface area contributed by atoms with Crippen LogP contribution < -0.4 is 0 Å². The first kappa shape index (κ1) is 22.8. The third-order valence-electron chi connectivity index (χ3n) is 8.62. The molecule has 0 heterocycles. The van der Waals surface area contributed by atoms with Crippen LogP contribution in [-0.4, -0.2) is 0 Å². The minimum absolute atomic E-state index is 0.0356. The molecule has 6 aromatic rings. The van der Waals surface area contributed by atoms with Crippen LogP contribution in [0.3, 0.4) is 0 Å². The molecule has 0 nitrogen and oxygen atoms in total. The van der Waals surface area contributed by atoms with Crippen molar-refractivity contribution >= 4 is 27.1 Å². The van der Waals surface area contributed by atoms with Gasteiger partial charge >= 0.3 is 0 Å². The Balaban J connectivity index is 1.52. The fraction of sp³-hybridized carbons (Fsp3) is 0.105. The van der Waals surface area contributed by atoms with Gasteiger partial charge in [-0.15, -0.1) is 0 Å². The largest absolute Gasteiger partial charge is 0.0622 e. The second-order valence-electron chi connectivity index (χ2n) is 11.0. The van der Waals surface area contributed by atoms with E-state index in [1.165, 1.54) is 71.6 Å². The summed E-state index contributed by atoms with van der Waals surface area (Å²) >= 11 is 0. The first-order chi connectivity index (χ1) is 18.6. The van der Waals surface area contributed by atoms with E-state index in [0.29, 0.717) is 0 Å². The van der Waals surface area contributed by atoms with E-state index in [1.54, 1.807) is 0 Å². The van der Waals surface area contributed by atoms with Gasteiger partial charge in [0.15, 0.2) is 0 Å². The van der Waals surface area contributed by atoms with Crippen molar-refractivity contribution in [2.75, 3.05) is 0 Å². The molecule has 38 heavy (non-hydrogen) atoms. The maximum Gasteiger partial charge on any atom is 0.0118 e. The number of allylic oxidation sites excluding steroid dienone is 1. The van der Waals surface area contributed by atoms with Crippen molar-refractivity contribution in [3.05, 3.63) is 150 Å². The summed E-state index contributed by atoms with van der Waals surface area (Å²) in [5, 5.41) is 5.19. The van der Waals surface area contributed by atoms with Gasteiger partial charge in [0.05, 0.1) is 0 Å². The van der Waals surface area contributed by atoms with Crippen molar-refractivity contribution in [3.8, 4) is 22.3 Å². The molecule has 7 rings (SSSR count). The van der Waals surface area contributed by atoms with E-state index < -0.39 is 0 Å². The zero-order chi connectivity index (χ0) is 25.9. The van der Waals surface area contributed by atoms with Crippen molar-refractivity contribution in [3.63, 3.8) is 0 Å². The molecule has 0 saturated heterocycles. The van der Waals surface area contributed by atoms with Gasteiger partial charge in [-0.25, -0.2) is 0 Å². The Hall–Kier alpha value is -4.42. The van der Waals surface area contributed by atoms with Crippen LogP contribution in [0.25, 0.3) is 49.4 Å². The topological polar surface area (TPSA) is 0 Å². The predicted octanol–water partition coefficient (Wildman–Crippen LogP) is 10.4. The van der Waals surface area contributed by atoms with E-state index in [2.05, 4.69) is 148 Å². The molecule has 0 N–H and O–H groups in total. The van der Waals surface area contributed by atoms with Crippen molar-refractivity contribution in [2.24, 2.45) is 0 Å². The predicted molar refractivity (Wildman–Crippen MR) is 163 cm³/mol. The standard InChI is InChI=1S/C38H30/c1-25-35(26-14-6-4-7-15-26)33-23-22-28(24-34(33)38(25,2)3)37-31-20-12-10-18-29(31)36(27-16-8-5-9-17-27)30-19-11-13-21-32(30)37/h4-24H,1-3H3. The molecular weight excluding hydrogens is 456 g/mol. The summed E-state index contributed by atoms with van der Waals surface area (Å²) in [6.07, 6.45) is 0. The zero-order valence-corrected chi connectivity index (χ0v) is 22.1. The lowest BCUT2D eigenvalue weighted by atomic mass is 9.80. The fourth-order valence-corrected chi connectivity index (χ4v) is 6.48. The Morgan fingerprint density at radius 1 is 0.447 bits per heavy atom. The Morgan fingerprint density at radius 2 is 0.895 bits per heavy atom. The van der Waals surface area contributed by atoms with Crippen LogP contribution in [0, 0.1) is 0 Å². The highest BCUT2D eigenvalue weighted by Crippen LogP contribution is 2.51. The average molecular weight is 487 g/mol. The molecule has 182 valence electrons. The molecule has 0 fully saturated rings. The van der Waals surface area contributed by atoms with E-state index in [1.807, 2.05) is 0 Å². The summed E-state index contributed by atoms with van der Waals surface area (Å²) in [7, 11) is 0. The Labute approximate surface area is 224 Å². The molecule has 6 aromatic carbocycles. The van der Waals surface area contributed by atoms with Crippen molar-refractivity contribution in [2.45, 2.75) is 26.2 Å². The summed E-state index contributed by atoms with van der Waals surface area (Å²) in [5.74, 6) is 0. The minimum atomic E-state index is -0.0356. The average Bonchev–Trinajstić information content (AvgIpc) is 3.16. The highest BCUT2D eigenvalue weighted by molar-refractivity contribution is 6.21. The summed E-state index contributed by atoms with van der Waals surface area (Å²) in [6, 6.07) is 46.7. The van der Waals surface area contributed by atoms with E-state index in [0.717, 1.165) is 0 Å². The molecule has 0 atom stereocenters. The number of rotatable bonds is 3. The quantitative estimate of drug-likeness (QED) is 0.218. The third kappa shape index (κ3) is 3.30. The summed E-state index contributed by atoms with van der Waals surface area (Å²) in [4.78, 5) is 0. The highest BCUT2D eigenvalue weighted by atomic mass is 14.4. The molecule has 0 spiro atoms. The highest BCUT2D eigenvalue weighted by Gasteiger charge is 2.36. The molecule has 0 unspecified atom stereocenters. The number of hydrogen-bond donors (Lipinski definition) is 0. The van der Waals surface area contributed by atoms with Crippen LogP contribution in [-0.2, 0) is 5.41 Å². The van der Waals surface area contributed by atoms with Crippen molar-refractivity contribution in [1.29, 1.82) is 0 Å². The van der Waals surface area contributed by atoms with Crippen LogP contribution in [0.5, 0.6) is 0 Å². The van der Waals surface area contributed by atoms with Gasteiger partial charge in [-0.2, -0.15) is 0 Å². The van der Waals surface area contributed by atoms with Crippen LogP contribution in [0.1, 0.15) is 37.5 Å². The van der Waals surface area contributed by atoms with Gasteiger partial charge in [0.1, 0.15) is 0 Å². The van der Waals surface area contributed by atoms with Gasteiger partial charge in [-0.3, -0.25) is 0 Å². The maximum atomic E-state index is 2.46. The van der Waals surface area contributed by atoms with Crippen LogP contribution in [0.15, 0.2) is 133 Å². The van der Waals surface area contributed by atoms with Crippen LogP contribution >= 0.6 is 0 Å². The zero-order valence-electron chi connectivity index (χ0n) is 22.1. The van der Waals surface area contributed by atoms with E-state index in [-0.39, 0.29) is 5.41 Å². The molecule has 1 aliphatic rings. The molecule has 0 amide bonds. The first-order valence-electron chi connectivity index (χ1n) is 13.5. The normalized spacial score (nSPS) is 14.3. The van der Waals surface area contributed by atoms with E-state index >= 15 is 0 Å². The molecule has 0 aromatic heterocycles. The van der Waals surface area contributed by atoms with Gasteiger partial charge in [0, 0.05) is 5.41 Å². The van der Waals surface area contributed by atoms with Gasteiger partial charge in [0.2, 0.25) is 0 Å². The lowest BCUT2D eigenvalue weighted by Gasteiger charge is -2.24. The molecule has 1 aliphatic carbocycles. The molecular formula is C38H30. The second kappa shape index (κ2) is 8.57. The van der Waals surface area contributed by atoms with Gasteiger partial charge in [-0.05, 0) is 79.1 Å². The Morgan fingerprint density at radius 3 is 1.42 bits per heavy atom. The Bertz CT molecular complexity index is 1810. The lowest BCUT2D eigenvalue weighted by molar-refractivity contribution is 0.639. The van der Waals surface area contributed by atoms with Gasteiger partial charge in [-0.1, -0.05) is 141 Å². The summed E-state index contributed by atoms with van der Waals surface area (Å²) in [6.45, 7) is 7.05. The summed E-state index contributed by atoms with van der Waals surface area (Å²) in [5.41, 5.74) is 12.0. The second-order valence-corrected chi connectivity index (χ2v) is 11.0. The van der Waals surface area contributed by atoms with Crippen molar-refractivity contribution in [1.82, 2.24) is 0 Å². The molecule has 0 radical (unpaired) electrons. The van der Waals surface area contributed by atoms with Gasteiger partial charge in [0.25, 0.3) is 0 Å². The van der Waals surface area contributed by atoms with Crippen LogP contribution in [0.4, 0.5) is 0 Å². The SMILES string of the molecule is CC1=C(c2ccccc2)c2ccc(-c3c4ccccc4c(-c4ccccc4)c4ccccc34)cc2C1(C)C. The number of fused-ring (bicyclic) bond motifs is 3. The van der Waals surface area contributed by atoms with Crippen molar-refractivity contribution < 1.29 is 0 Å². The third-order valence-corrected chi connectivity index (χ3v) is 8.62. The molecule has 0 bridgehead atoms. The molecule has 0 aliphatic heterocycles. The van der Waals surface area contributed by atoms with Gasteiger partial charge < -0.3 is 0 Å². The fourth-order valence-electron chi connectivity index (χ4n) is 6.48. The molecule has 0 heteroatoms. The van der Waals surface area contributed by atoms with E-state index in [9.17, 15) is 0 Å². The van der Waals surface area contributed by atoms with Crippen LogP contribution in [0.2, 0.25) is 0 Å².